The van der Waals surface area contributed by atoms with Crippen molar-refractivity contribution < 1.29 is 24.2 Å². The zero-order chi connectivity index (χ0) is 25.1. The van der Waals surface area contributed by atoms with Crippen molar-refractivity contribution >= 4 is 18.0 Å². The lowest BCUT2D eigenvalue weighted by atomic mass is 10.1. The molecule has 0 aliphatic heterocycles. The Morgan fingerprint density at radius 3 is 2.41 bits per heavy atom. The van der Waals surface area contributed by atoms with E-state index >= 15 is 0 Å². The van der Waals surface area contributed by atoms with Gasteiger partial charge in [-0.2, -0.15) is 0 Å². The number of pyridine rings is 1. The lowest BCUT2D eigenvalue weighted by Gasteiger charge is -2.27. The summed E-state index contributed by atoms with van der Waals surface area (Å²) in [5, 5.41) is 11.8. The van der Waals surface area contributed by atoms with Crippen molar-refractivity contribution in [3.05, 3.63) is 65.5 Å². The number of aromatic nitrogens is 1. The van der Waals surface area contributed by atoms with Crippen molar-refractivity contribution in [2.45, 2.75) is 58.2 Å². The van der Waals surface area contributed by atoms with Crippen LogP contribution in [0.3, 0.4) is 0 Å². The van der Waals surface area contributed by atoms with Crippen molar-refractivity contribution in [2.75, 3.05) is 13.1 Å². The minimum atomic E-state index is -1.09. The second kappa shape index (κ2) is 12.7. The second-order valence-corrected chi connectivity index (χ2v) is 8.97. The second-order valence-electron chi connectivity index (χ2n) is 8.97. The number of hydrogen-bond acceptors (Lipinski definition) is 6. The van der Waals surface area contributed by atoms with E-state index in [1.54, 1.807) is 35.4 Å². The summed E-state index contributed by atoms with van der Waals surface area (Å²) < 4.78 is 5.55. The number of carboxylic acids is 1. The summed E-state index contributed by atoms with van der Waals surface area (Å²) in [7, 11) is 0. The van der Waals surface area contributed by atoms with E-state index in [0.29, 0.717) is 38.0 Å². The molecule has 9 heteroatoms. The van der Waals surface area contributed by atoms with Crippen LogP contribution in [0, 0.1) is 0 Å². The highest BCUT2D eigenvalue weighted by molar-refractivity contribution is 5.96. The van der Waals surface area contributed by atoms with Gasteiger partial charge < -0.3 is 25.8 Å². The molecule has 0 fully saturated rings. The molecule has 184 valence electrons. The first-order valence-corrected chi connectivity index (χ1v) is 11.3. The summed E-state index contributed by atoms with van der Waals surface area (Å²) in [4.78, 5) is 42.4. The van der Waals surface area contributed by atoms with Gasteiger partial charge in [0.05, 0.1) is 12.2 Å². The maximum absolute atomic E-state index is 12.7. The molecular weight excluding hydrogens is 436 g/mol. The zero-order valence-corrected chi connectivity index (χ0v) is 20.0. The number of ether oxygens (including phenoxy) is 1. The number of benzene rings is 1. The fourth-order valence-electron chi connectivity index (χ4n) is 3.16. The number of nitrogens with zero attached hydrogens (tertiary/aromatic N) is 2. The normalized spacial score (nSPS) is 12.0. The largest absolute Gasteiger partial charge is 0.480 e. The fraction of sp³-hybridized carbons (Fsp3) is 0.440. The average Bonchev–Trinajstić information content (AvgIpc) is 2.78. The van der Waals surface area contributed by atoms with Gasteiger partial charge in [-0.15, -0.1) is 0 Å². The third kappa shape index (κ3) is 9.19. The van der Waals surface area contributed by atoms with Crippen LogP contribution in [0.4, 0.5) is 4.79 Å². The molecule has 0 aliphatic rings. The monoisotopic (exact) mass is 470 g/mol. The lowest BCUT2D eigenvalue weighted by molar-refractivity contribution is -0.139. The molecule has 1 heterocycles. The summed E-state index contributed by atoms with van der Waals surface area (Å²) in [6.07, 6.45) is 2.57. The SMILES string of the molecule is CC(C)(C)OC(=O)N(CCc1ccc(C(=O)N[C@@H](CCCN)C(=O)O)cc1)Cc1ccccn1. The average molecular weight is 471 g/mol. The Labute approximate surface area is 200 Å². The summed E-state index contributed by atoms with van der Waals surface area (Å²) >= 11 is 0. The smallest absolute Gasteiger partial charge is 0.410 e. The molecular formula is C25H34N4O5. The first-order valence-electron chi connectivity index (χ1n) is 11.3. The van der Waals surface area contributed by atoms with Gasteiger partial charge in [0.15, 0.2) is 0 Å². The number of rotatable bonds is 11. The third-order valence-corrected chi connectivity index (χ3v) is 4.92. The Morgan fingerprint density at radius 1 is 1.15 bits per heavy atom. The highest BCUT2D eigenvalue weighted by atomic mass is 16.6. The lowest BCUT2D eigenvalue weighted by Crippen LogP contribution is -2.41. The number of nitrogens with two attached hydrogens (primary N) is 1. The van der Waals surface area contributed by atoms with Gasteiger partial charge in [0, 0.05) is 18.3 Å². The van der Waals surface area contributed by atoms with Gasteiger partial charge in [0.25, 0.3) is 5.91 Å². The number of nitrogens with one attached hydrogen (secondary N) is 1. The molecule has 0 aliphatic carbocycles. The van der Waals surface area contributed by atoms with Crippen molar-refractivity contribution in [3.63, 3.8) is 0 Å². The zero-order valence-electron chi connectivity index (χ0n) is 20.0. The highest BCUT2D eigenvalue weighted by Gasteiger charge is 2.23. The van der Waals surface area contributed by atoms with E-state index in [1.807, 2.05) is 39.0 Å². The number of amides is 2. The molecule has 4 N–H and O–H groups in total. The maximum atomic E-state index is 12.7. The molecule has 1 aromatic heterocycles. The van der Waals surface area contributed by atoms with Gasteiger partial charge in [-0.1, -0.05) is 18.2 Å². The predicted molar refractivity (Wildman–Crippen MR) is 128 cm³/mol. The molecule has 0 saturated heterocycles. The van der Waals surface area contributed by atoms with E-state index in [-0.39, 0.29) is 6.42 Å². The van der Waals surface area contributed by atoms with Gasteiger partial charge in [-0.3, -0.25) is 9.78 Å². The Hall–Kier alpha value is -3.46. The third-order valence-electron chi connectivity index (χ3n) is 4.92. The topological polar surface area (TPSA) is 135 Å². The van der Waals surface area contributed by atoms with Crippen molar-refractivity contribution in [2.24, 2.45) is 5.73 Å². The number of aliphatic carboxylic acids is 1. The molecule has 1 aromatic carbocycles. The molecule has 0 bridgehead atoms. The van der Waals surface area contributed by atoms with Crippen LogP contribution in [-0.4, -0.2) is 57.7 Å². The first-order chi connectivity index (χ1) is 16.1. The molecule has 0 radical (unpaired) electrons. The molecule has 34 heavy (non-hydrogen) atoms. The molecule has 0 spiro atoms. The molecule has 1 atom stereocenters. The van der Waals surface area contributed by atoms with E-state index in [0.717, 1.165) is 11.3 Å². The van der Waals surface area contributed by atoms with E-state index in [2.05, 4.69) is 10.3 Å². The van der Waals surface area contributed by atoms with E-state index in [9.17, 15) is 19.5 Å². The summed E-state index contributed by atoms with van der Waals surface area (Å²) in [6.45, 7) is 6.53. The van der Waals surface area contributed by atoms with Crippen LogP contribution in [0.5, 0.6) is 0 Å². The van der Waals surface area contributed by atoms with Crippen LogP contribution < -0.4 is 11.1 Å². The molecule has 9 nitrogen and oxygen atoms in total. The van der Waals surface area contributed by atoms with Crippen molar-refractivity contribution in [1.29, 1.82) is 0 Å². The van der Waals surface area contributed by atoms with Crippen LogP contribution in [0.25, 0.3) is 0 Å². The minimum absolute atomic E-state index is 0.270. The predicted octanol–water partition coefficient (Wildman–Crippen LogP) is 2.98. The van der Waals surface area contributed by atoms with E-state index in [4.69, 9.17) is 10.5 Å². The van der Waals surface area contributed by atoms with Crippen LogP contribution in [0.1, 0.15) is 55.2 Å². The molecule has 2 rings (SSSR count). The maximum Gasteiger partial charge on any atom is 0.410 e. The summed E-state index contributed by atoms with van der Waals surface area (Å²) in [6, 6.07) is 11.4. The minimum Gasteiger partial charge on any atom is -0.480 e. The van der Waals surface area contributed by atoms with Crippen LogP contribution >= 0.6 is 0 Å². The van der Waals surface area contributed by atoms with Gasteiger partial charge in [-0.25, -0.2) is 9.59 Å². The van der Waals surface area contributed by atoms with Crippen LogP contribution in [0.15, 0.2) is 48.7 Å². The Bertz CT molecular complexity index is 942. The molecule has 2 amide bonds. The molecule has 0 saturated carbocycles. The molecule has 2 aromatic rings. The van der Waals surface area contributed by atoms with Crippen molar-refractivity contribution in [3.8, 4) is 0 Å². The van der Waals surface area contributed by atoms with Crippen LogP contribution in [-0.2, 0) is 22.5 Å². The number of carbonyl (C=O) groups excluding carboxylic acids is 2. The quantitative estimate of drug-likeness (QED) is 0.459. The Kier molecular flexibility index (Phi) is 10.0. The van der Waals surface area contributed by atoms with Gasteiger partial charge in [0.1, 0.15) is 11.6 Å². The van der Waals surface area contributed by atoms with E-state index < -0.39 is 29.6 Å². The van der Waals surface area contributed by atoms with Gasteiger partial charge in [0.2, 0.25) is 0 Å². The summed E-state index contributed by atoms with van der Waals surface area (Å²) in [5.41, 5.74) is 6.85. The van der Waals surface area contributed by atoms with Gasteiger partial charge >= 0.3 is 12.1 Å². The molecule has 0 unspecified atom stereocenters. The standard InChI is InChI=1S/C25H34N4O5/c1-25(2,3)34-24(33)29(17-20-7-4-5-15-27-20)16-13-18-9-11-19(12-10-18)22(30)28-21(23(31)32)8-6-14-26/h4-5,7,9-12,15,21H,6,8,13-14,16-17,26H2,1-3H3,(H,28,30)(H,31,32)/t21-/m0/s1. The van der Waals surface area contributed by atoms with E-state index in [1.165, 1.54) is 0 Å². The van der Waals surface area contributed by atoms with Crippen molar-refractivity contribution in [1.82, 2.24) is 15.2 Å². The Morgan fingerprint density at radius 2 is 1.85 bits per heavy atom. The summed E-state index contributed by atoms with van der Waals surface area (Å²) in [5.74, 6) is -1.55. The van der Waals surface area contributed by atoms with Crippen LogP contribution in [0.2, 0.25) is 0 Å². The number of carboxylic acid groups (broad SMARTS) is 1. The number of carbonyl (C=O) groups is 3. The highest BCUT2D eigenvalue weighted by Crippen LogP contribution is 2.14. The van der Waals surface area contributed by atoms with Gasteiger partial charge in [-0.05, 0) is 76.4 Å². The fourth-order valence-corrected chi connectivity index (χ4v) is 3.16. The number of hydrogen-bond donors (Lipinski definition) is 3. The Balaban J connectivity index is 2.02. The first kappa shape index (κ1) is 26.8.